The maximum atomic E-state index is 13.3. The lowest BCUT2D eigenvalue weighted by molar-refractivity contribution is -0.900. The van der Waals surface area contributed by atoms with Gasteiger partial charge in [0.05, 0.1) is 25.0 Å². The first-order valence-corrected chi connectivity index (χ1v) is 12.6. The monoisotopic (exact) mass is 520 g/mol. The zero-order valence-electron chi connectivity index (χ0n) is 20.8. The van der Waals surface area contributed by atoms with Gasteiger partial charge < -0.3 is 28.6 Å². The lowest BCUT2D eigenvalue weighted by Gasteiger charge is -2.33. The highest BCUT2D eigenvalue weighted by Gasteiger charge is 2.70. The number of quaternary nitrogens is 1. The van der Waals surface area contributed by atoms with Gasteiger partial charge in [-0.15, -0.1) is 0 Å². The number of halogens is 1. The van der Waals surface area contributed by atoms with Crippen molar-refractivity contribution in [2.24, 2.45) is 23.7 Å². The van der Waals surface area contributed by atoms with Crippen LogP contribution in [-0.2, 0) is 48.5 Å². The Hall–Kier alpha value is -3.05. The van der Waals surface area contributed by atoms with Crippen molar-refractivity contribution in [3.8, 4) is 0 Å². The predicted octanol–water partition coefficient (Wildman–Crippen LogP) is -0.218. The Morgan fingerprint density at radius 1 is 1.08 bits per heavy atom. The summed E-state index contributed by atoms with van der Waals surface area (Å²) in [4.78, 5) is 51.6. The third-order valence-corrected chi connectivity index (χ3v) is 7.93. The van der Waals surface area contributed by atoms with Crippen LogP contribution in [0.5, 0.6) is 0 Å². The third kappa shape index (κ3) is 5.06. The van der Waals surface area contributed by atoms with Gasteiger partial charge >= 0.3 is 23.9 Å². The Bertz CT molecular complexity index is 1070. The van der Waals surface area contributed by atoms with Gasteiger partial charge in [0.25, 0.3) is 0 Å². The van der Waals surface area contributed by atoms with Crippen LogP contribution in [0.1, 0.15) is 25.8 Å². The quantitative estimate of drug-likeness (QED) is 0.367. The van der Waals surface area contributed by atoms with Crippen molar-refractivity contribution in [3.05, 3.63) is 35.6 Å². The molecule has 0 aromatic heterocycles. The summed E-state index contributed by atoms with van der Waals surface area (Å²) in [6.07, 6.45) is -0.972. The van der Waals surface area contributed by atoms with Gasteiger partial charge in [0.1, 0.15) is 36.7 Å². The number of nitrogens with one attached hydrogen (secondary N) is 1. The normalized spacial score (nSPS) is 30.6. The van der Waals surface area contributed by atoms with E-state index in [-0.39, 0.29) is 12.5 Å². The Labute approximate surface area is 213 Å². The Morgan fingerprint density at radius 3 is 2.49 bits per heavy atom. The summed E-state index contributed by atoms with van der Waals surface area (Å²) in [5.41, 5.74) is -0.474. The summed E-state index contributed by atoms with van der Waals surface area (Å²) in [7, 11) is 0. The molecule has 4 aliphatic rings. The molecule has 200 valence electrons. The highest BCUT2D eigenvalue weighted by Crippen LogP contribution is 2.59. The lowest BCUT2D eigenvalue weighted by Crippen LogP contribution is -3.15. The molecule has 1 N–H and O–H groups in total. The number of ether oxygens (including phenoxy) is 5. The molecular weight excluding hydrogens is 489 g/mol. The van der Waals surface area contributed by atoms with Gasteiger partial charge in [-0.3, -0.25) is 9.59 Å². The molecular formula is C26H31FNO9+. The average molecular weight is 521 g/mol. The zero-order valence-corrected chi connectivity index (χ0v) is 20.8. The van der Waals surface area contributed by atoms with Crippen LogP contribution in [0.2, 0.25) is 0 Å². The van der Waals surface area contributed by atoms with Crippen LogP contribution in [0.25, 0.3) is 0 Å². The van der Waals surface area contributed by atoms with E-state index >= 15 is 0 Å². The van der Waals surface area contributed by atoms with Gasteiger partial charge in [-0.25, -0.2) is 14.0 Å². The summed E-state index contributed by atoms with van der Waals surface area (Å²) < 4.78 is 40.6. The Balaban J connectivity index is 1.20. The van der Waals surface area contributed by atoms with E-state index in [2.05, 4.69) is 0 Å². The summed E-state index contributed by atoms with van der Waals surface area (Å²) in [6, 6.07) is 5.64. The van der Waals surface area contributed by atoms with Crippen molar-refractivity contribution < 1.29 is 52.2 Å². The maximum Gasteiger partial charge on any atom is 0.362 e. The first kappa shape index (κ1) is 25.6. The first-order valence-electron chi connectivity index (χ1n) is 12.6. The molecule has 2 saturated heterocycles. The molecule has 10 nitrogen and oxygen atoms in total. The Morgan fingerprint density at radius 2 is 1.78 bits per heavy atom. The van der Waals surface area contributed by atoms with E-state index in [1.54, 1.807) is 13.8 Å². The van der Waals surface area contributed by atoms with E-state index in [4.69, 9.17) is 23.7 Å². The molecule has 2 saturated carbocycles. The van der Waals surface area contributed by atoms with Gasteiger partial charge in [-0.1, -0.05) is 12.1 Å². The fraction of sp³-hybridized carbons (Fsp3) is 0.615. The molecule has 2 aliphatic heterocycles. The molecule has 11 heteroatoms. The summed E-state index contributed by atoms with van der Waals surface area (Å²) in [5.74, 6) is -4.98. The highest BCUT2D eigenvalue weighted by molar-refractivity contribution is 5.86. The minimum absolute atomic E-state index is 0.129. The molecule has 6 unspecified atom stereocenters. The zero-order chi connectivity index (χ0) is 26.3. The molecule has 37 heavy (non-hydrogen) atoms. The second-order valence-electron chi connectivity index (χ2n) is 10.6. The smallest absolute Gasteiger partial charge is 0.362 e. The number of hydrogen-bond acceptors (Lipinski definition) is 9. The van der Waals surface area contributed by atoms with Crippen LogP contribution >= 0.6 is 0 Å². The number of carbonyl (C=O) groups is 4. The van der Waals surface area contributed by atoms with Crippen molar-refractivity contribution >= 4 is 23.9 Å². The molecule has 4 fully saturated rings. The fourth-order valence-corrected chi connectivity index (χ4v) is 6.12. The first-order chi connectivity index (χ1) is 17.6. The van der Waals surface area contributed by atoms with Crippen molar-refractivity contribution in [2.45, 2.75) is 38.1 Å². The van der Waals surface area contributed by atoms with Crippen LogP contribution in [0, 0.1) is 29.5 Å². The van der Waals surface area contributed by atoms with Crippen LogP contribution in [0.15, 0.2) is 24.3 Å². The van der Waals surface area contributed by atoms with Crippen LogP contribution in [-0.4, -0.2) is 75.5 Å². The van der Waals surface area contributed by atoms with E-state index in [1.165, 1.54) is 24.3 Å². The van der Waals surface area contributed by atoms with Crippen molar-refractivity contribution in [2.75, 3.05) is 39.5 Å². The number of esters is 4. The number of benzene rings is 1. The standard InChI is InChI=1S/C26H30FNO9/c1-26(2,14-3-5-15(27)6-4-14)37-25(32)21-17-11-16-20(21)24(31)36-23(16)22(17)35-19(30)13-34-18(29)12-28-7-9-33-10-8-28/h3-6,16-17,20-23H,7-13H2,1-2H3/p+1. The van der Waals surface area contributed by atoms with Crippen LogP contribution < -0.4 is 4.90 Å². The van der Waals surface area contributed by atoms with E-state index < -0.39 is 71.9 Å². The average Bonchev–Trinajstić information content (AvgIpc) is 3.47. The summed E-state index contributed by atoms with van der Waals surface area (Å²) in [5, 5.41) is 0. The molecule has 1 aromatic rings. The van der Waals surface area contributed by atoms with Crippen LogP contribution in [0.3, 0.4) is 0 Å². The van der Waals surface area contributed by atoms with Gasteiger partial charge in [-0.05, 0) is 38.0 Å². The second kappa shape index (κ2) is 10.0. The van der Waals surface area contributed by atoms with E-state index in [0.717, 1.165) is 4.90 Å². The van der Waals surface area contributed by atoms with Crippen molar-refractivity contribution in [3.63, 3.8) is 0 Å². The van der Waals surface area contributed by atoms with E-state index in [9.17, 15) is 23.6 Å². The highest BCUT2D eigenvalue weighted by atomic mass is 19.1. The fourth-order valence-electron chi connectivity index (χ4n) is 6.12. The summed E-state index contributed by atoms with van der Waals surface area (Å²) >= 11 is 0. The molecule has 5 rings (SSSR count). The molecule has 0 radical (unpaired) electrons. The number of hydrogen-bond donors (Lipinski definition) is 1. The van der Waals surface area contributed by atoms with E-state index in [0.29, 0.717) is 38.3 Å². The molecule has 0 amide bonds. The van der Waals surface area contributed by atoms with Gasteiger partial charge in [-0.2, -0.15) is 0 Å². The van der Waals surface area contributed by atoms with Gasteiger partial charge in [0.15, 0.2) is 13.2 Å². The van der Waals surface area contributed by atoms with Crippen molar-refractivity contribution in [1.29, 1.82) is 0 Å². The van der Waals surface area contributed by atoms with Crippen molar-refractivity contribution in [1.82, 2.24) is 0 Å². The third-order valence-electron chi connectivity index (χ3n) is 7.93. The molecule has 6 atom stereocenters. The maximum absolute atomic E-state index is 13.3. The molecule has 2 aliphatic carbocycles. The van der Waals surface area contributed by atoms with Gasteiger partial charge in [0.2, 0.25) is 0 Å². The molecule has 1 aromatic carbocycles. The van der Waals surface area contributed by atoms with Crippen LogP contribution in [0.4, 0.5) is 4.39 Å². The number of rotatable bonds is 8. The molecule has 0 spiro atoms. The minimum Gasteiger partial charge on any atom is -0.458 e. The summed E-state index contributed by atoms with van der Waals surface area (Å²) in [6.45, 7) is 5.46. The topological polar surface area (TPSA) is 119 Å². The number of carbonyl (C=O) groups excluding carboxylic acids is 4. The lowest BCUT2D eigenvalue weighted by atomic mass is 9.78. The SMILES string of the molecule is CC(C)(OC(=O)C1C2CC3C(OC(=O)C31)C2OC(=O)COC(=O)C[NH+]1CCOCC1)c1ccc(F)cc1. The molecule has 2 bridgehead atoms. The number of morpholine rings is 1. The molecule has 2 heterocycles. The van der Waals surface area contributed by atoms with Gasteiger partial charge in [0, 0.05) is 11.8 Å². The predicted molar refractivity (Wildman–Crippen MR) is 121 cm³/mol. The second-order valence-corrected chi connectivity index (χ2v) is 10.6. The van der Waals surface area contributed by atoms with E-state index in [1.807, 2.05) is 0 Å². The number of fused-ring (bicyclic) bond motifs is 1. The minimum atomic E-state index is -1.07. The Kier molecular flexibility index (Phi) is 6.93. The largest absolute Gasteiger partial charge is 0.458 e.